The SMILES string of the molecule is CC1(c2cc(NC(=O)Nc3c(F)cc(-c4cn(C5CC5)c5ncnc(N)c45)cc3F)on2)CC1. The lowest BCUT2D eigenvalue weighted by molar-refractivity contribution is 0.261. The number of rotatable bonds is 5. The minimum Gasteiger partial charge on any atom is -0.383 e. The van der Waals surface area contributed by atoms with Crippen molar-refractivity contribution < 1.29 is 18.1 Å². The van der Waals surface area contributed by atoms with Gasteiger partial charge in [-0.2, -0.15) is 0 Å². The predicted octanol–water partition coefficient (Wildman–Crippen LogP) is 4.98. The summed E-state index contributed by atoms with van der Waals surface area (Å²) in [5, 5.41) is 9.12. The number of nitrogens with zero attached hydrogens (tertiary/aromatic N) is 4. The number of hydrogen-bond acceptors (Lipinski definition) is 6. The molecule has 4 N–H and O–H groups in total. The molecular weight excluding hydrogens is 444 g/mol. The van der Waals surface area contributed by atoms with Crippen LogP contribution in [0.5, 0.6) is 0 Å². The number of nitrogen functional groups attached to an aromatic ring is 1. The van der Waals surface area contributed by atoms with Gasteiger partial charge in [-0.25, -0.2) is 23.5 Å². The Morgan fingerprint density at radius 3 is 2.59 bits per heavy atom. The van der Waals surface area contributed by atoms with Crippen molar-refractivity contribution in [3.8, 4) is 11.1 Å². The molecule has 0 aliphatic heterocycles. The molecule has 2 aliphatic rings. The summed E-state index contributed by atoms with van der Waals surface area (Å²) in [5.41, 5.74) is 7.61. The van der Waals surface area contributed by atoms with Crippen LogP contribution in [-0.2, 0) is 5.41 Å². The first kappa shape index (κ1) is 20.6. The Kier molecular flexibility index (Phi) is 4.38. The number of anilines is 3. The Morgan fingerprint density at radius 2 is 1.91 bits per heavy atom. The van der Waals surface area contributed by atoms with Crippen LogP contribution in [-0.4, -0.2) is 25.7 Å². The van der Waals surface area contributed by atoms with Gasteiger partial charge in [-0.05, 0) is 43.4 Å². The fourth-order valence-electron chi connectivity index (χ4n) is 4.13. The minimum absolute atomic E-state index is 0.0367. The van der Waals surface area contributed by atoms with E-state index >= 15 is 0 Å². The molecule has 3 heterocycles. The maximum atomic E-state index is 15.0. The molecule has 9 nitrogen and oxygen atoms in total. The van der Waals surface area contributed by atoms with Gasteiger partial charge in [0.1, 0.15) is 35.1 Å². The highest BCUT2D eigenvalue weighted by molar-refractivity contribution is 6.02. The molecule has 2 fully saturated rings. The molecule has 2 saturated carbocycles. The summed E-state index contributed by atoms with van der Waals surface area (Å²) >= 11 is 0. The Balaban J connectivity index is 1.28. The molecule has 0 atom stereocenters. The first-order valence-electron chi connectivity index (χ1n) is 11.0. The summed E-state index contributed by atoms with van der Waals surface area (Å²) in [6.07, 6.45) is 7.15. The van der Waals surface area contributed by atoms with E-state index in [4.69, 9.17) is 10.3 Å². The third-order valence-corrected chi connectivity index (χ3v) is 6.54. The third kappa shape index (κ3) is 3.44. The van der Waals surface area contributed by atoms with Gasteiger partial charge in [0.05, 0.1) is 11.1 Å². The van der Waals surface area contributed by atoms with Gasteiger partial charge in [-0.15, -0.1) is 0 Å². The number of halogens is 2. The average molecular weight is 465 g/mol. The van der Waals surface area contributed by atoms with Crippen LogP contribution in [0.25, 0.3) is 22.2 Å². The van der Waals surface area contributed by atoms with Crippen LogP contribution in [0.3, 0.4) is 0 Å². The van der Waals surface area contributed by atoms with Crippen LogP contribution in [0.15, 0.2) is 35.2 Å². The van der Waals surface area contributed by atoms with Crippen LogP contribution in [0.4, 0.5) is 31.0 Å². The zero-order chi connectivity index (χ0) is 23.6. The molecule has 34 heavy (non-hydrogen) atoms. The molecule has 2 amide bonds. The lowest BCUT2D eigenvalue weighted by Gasteiger charge is -2.10. The number of amides is 2. The summed E-state index contributed by atoms with van der Waals surface area (Å²) in [4.78, 5) is 20.7. The molecule has 0 unspecified atom stereocenters. The van der Waals surface area contributed by atoms with E-state index in [1.807, 2.05) is 11.5 Å². The van der Waals surface area contributed by atoms with Crippen molar-refractivity contribution in [2.24, 2.45) is 0 Å². The topological polar surface area (TPSA) is 124 Å². The maximum Gasteiger partial charge on any atom is 0.326 e. The van der Waals surface area contributed by atoms with Crippen LogP contribution in [0.2, 0.25) is 0 Å². The zero-order valence-electron chi connectivity index (χ0n) is 18.2. The molecule has 3 aromatic heterocycles. The number of nitrogens with two attached hydrogens (primary N) is 1. The standard InChI is InChI=1S/C23H21F2N7O2/c1-23(4-5-23)16-8-17(34-31-16)29-22(33)30-19-14(24)6-11(7-15(19)25)13-9-32(12-2-3-12)21-18(13)20(26)27-10-28-21/h6-10,12H,2-5H2,1H3,(H2,26,27,28)(H2,29,30,33). The van der Waals surface area contributed by atoms with Gasteiger partial charge >= 0.3 is 6.03 Å². The molecule has 174 valence electrons. The van der Waals surface area contributed by atoms with E-state index in [9.17, 15) is 13.6 Å². The van der Waals surface area contributed by atoms with Crippen molar-refractivity contribution in [2.45, 2.75) is 44.1 Å². The fraction of sp³-hybridized carbons (Fsp3) is 0.304. The van der Waals surface area contributed by atoms with Gasteiger partial charge in [0.25, 0.3) is 0 Å². The van der Waals surface area contributed by atoms with Gasteiger partial charge < -0.3 is 20.1 Å². The Bertz CT molecular complexity index is 1430. The summed E-state index contributed by atoms with van der Waals surface area (Å²) < 4.78 is 37.0. The quantitative estimate of drug-likeness (QED) is 0.382. The van der Waals surface area contributed by atoms with E-state index in [0.717, 1.165) is 43.5 Å². The van der Waals surface area contributed by atoms with Crippen molar-refractivity contribution in [3.63, 3.8) is 0 Å². The highest BCUT2D eigenvalue weighted by Crippen LogP contribution is 2.47. The van der Waals surface area contributed by atoms with Gasteiger partial charge in [0, 0.05) is 29.3 Å². The highest BCUT2D eigenvalue weighted by atomic mass is 19.1. The Morgan fingerprint density at radius 1 is 1.18 bits per heavy atom. The number of nitrogens with one attached hydrogen (secondary N) is 2. The van der Waals surface area contributed by atoms with Crippen LogP contribution < -0.4 is 16.4 Å². The van der Waals surface area contributed by atoms with Crippen LogP contribution in [0, 0.1) is 11.6 Å². The van der Waals surface area contributed by atoms with E-state index in [-0.39, 0.29) is 28.7 Å². The largest absolute Gasteiger partial charge is 0.383 e. The van der Waals surface area contributed by atoms with E-state index in [1.54, 1.807) is 12.3 Å². The smallest absolute Gasteiger partial charge is 0.326 e. The Labute approximate surface area is 192 Å². The molecule has 1 aromatic carbocycles. The number of urea groups is 1. The summed E-state index contributed by atoms with van der Waals surface area (Å²) in [7, 11) is 0. The van der Waals surface area contributed by atoms with Crippen molar-refractivity contribution in [2.75, 3.05) is 16.4 Å². The lowest BCUT2D eigenvalue weighted by atomic mass is 10.0. The highest BCUT2D eigenvalue weighted by Gasteiger charge is 2.42. The zero-order valence-corrected chi connectivity index (χ0v) is 18.2. The van der Waals surface area contributed by atoms with Crippen molar-refractivity contribution in [1.29, 1.82) is 0 Å². The molecule has 0 radical (unpaired) electrons. The molecule has 0 saturated heterocycles. The molecule has 0 spiro atoms. The minimum atomic E-state index is -0.934. The van der Waals surface area contributed by atoms with Gasteiger partial charge in [-0.1, -0.05) is 12.1 Å². The molecule has 2 aliphatic carbocycles. The van der Waals surface area contributed by atoms with Crippen LogP contribution in [0.1, 0.15) is 44.3 Å². The molecule has 11 heteroatoms. The molecule has 0 bridgehead atoms. The fourth-order valence-corrected chi connectivity index (χ4v) is 4.13. The predicted molar refractivity (Wildman–Crippen MR) is 121 cm³/mol. The number of aromatic nitrogens is 4. The summed E-state index contributed by atoms with van der Waals surface area (Å²) in [5.74, 6) is -1.54. The summed E-state index contributed by atoms with van der Waals surface area (Å²) in [6.45, 7) is 2.04. The van der Waals surface area contributed by atoms with Gasteiger partial charge in [0.2, 0.25) is 5.88 Å². The van der Waals surface area contributed by atoms with E-state index < -0.39 is 23.4 Å². The second kappa shape index (κ2) is 7.24. The normalized spacial score (nSPS) is 16.6. The van der Waals surface area contributed by atoms with Crippen molar-refractivity contribution in [1.82, 2.24) is 19.7 Å². The lowest BCUT2D eigenvalue weighted by Crippen LogP contribution is -2.20. The Hall–Kier alpha value is -4.02. The van der Waals surface area contributed by atoms with Crippen molar-refractivity contribution >= 4 is 34.5 Å². The van der Waals surface area contributed by atoms with Gasteiger partial charge in [0.15, 0.2) is 0 Å². The second-order valence-corrected chi connectivity index (χ2v) is 9.17. The van der Waals surface area contributed by atoms with Crippen molar-refractivity contribution in [3.05, 3.63) is 48.1 Å². The number of carbonyl (C=O) groups is 1. The maximum absolute atomic E-state index is 15.0. The number of hydrogen-bond donors (Lipinski definition) is 3. The monoisotopic (exact) mass is 465 g/mol. The van der Waals surface area contributed by atoms with Crippen LogP contribution >= 0.6 is 0 Å². The number of carbonyl (C=O) groups excluding carboxylic acids is 1. The molecule has 6 rings (SSSR count). The van der Waals surface area contributed by atoms with E-state index in [0.29, 0.717) is 16.6 Å². The molecule has 4 aromatic rings. The summed E-state index contributed by atoms with van der Waals surface area (Å²) in [6, 6.07) is 3.35. The first-order chi connectivity index (χ1) is 16.3. The van der Waals surface area contributed by atoms with E-state index in [1.165, 1.54) is 6.33 Å². The van der Waals surface area contributed by atoms with Gasteiger partial charge in [-0.3, -0.25) is 5.32 Å². The van der Waals surface area contributed by atoms with E-state index in [2.05, 4.69) is 25.8 Å². The number of benzene rings is 1. The second-order valence-electron chi connectivity index (χ2n) is 9.17. The first-order valence-corrected chi connectivity index (χ1v) is 11.0. The third-order valence-electron chi connectivity index (χ3n) is 6.54. The molecular formula is C23H21F2N7O2. The number of fused-ring (bicyclic) bond motifs is 1. The average Bonchev–Trinajstić information content (AvgIpc) is 3.69.